The Morgan fingerprint density at radius 2 is 2.12 bits per heavy atom. The molecular formula is C13H14N2O. The van der Waals surface area contributed by atoms with E-state index in [1.807, 2.05) is 44.2 Å². The molecule has 2 aromatic rings. The monoisotopic (exact) mass is 214 g/mol. The van der Waals surface area contributed by atoms with Gasteiger partial charge in [-0.15, -0.1) is 0 Å². The van der Waals surface area contributed by atoms with Gasteiger partial charge in [0.15, 0.2) is 0 Å². The van der Waals surface area contributed by atoms with Crippen molar-refractivity contribution in [1.82, 2.24) is 4.98 Å². The molecule has 3 heteroatoms. The smallest absolute Gasteiger partial charge is 0.224 e. The first kappa shape index (κ1) is 10.6. The van der Waals surface area contributed by atoms with Crippen molar-refractivity contribution in [2.75, 3.05) is 5.32 Å². The summed E-state index contributed by atoms with van der Waals surface area (Å²) in [7, 11) is 0. The molecule has 0 bridgehead atoms. The zero-order valence-electron chi connectivity index (χ0n) is 9.45. The third kappa shape index (κ3) is 2.03. The highest BCUT2D eigenvalue weighted by Crippen LogP contribution is 2.22. The molecule has 0 unspecified atom stereocenters. The zero-order chi connectivity index (χ0) is 11.5. The predicted molar refractivity (Wildman–Crippen MR) is 65.4 cm³/mol. The number of para-hydroxylation sites is 1. The topological polar surface area (TPSA) is 42.0 Å². The molecule has 1 aromatic carbocycles. The molecule has 0 spiro atoms. The number of rotatable bonds is 2. The zero-order valence-corrected chi connectivity index (χ0v) is 9.45. The Hall–Kier alpha value is -1.90. The van der Waals surface area contributed by atoms with Crippen LogP contribution < -0.4 is 5.32 Å². The van der Waals surface area contributed by atoms with E-state index in [1.165, 1.54) is 0 Å². The van der Waals surface area contributed by atoms with Gasteiger partial charge in [0.2, 0.25) is 5.91 Å². The van der Waals surface area contributed by atoms with E-state index in [0.717, 1.165) is 22.3 Å². The first-order valence-electron chi connectivity index (χ1n) is 5.37. The summed E-state index contributed by atoms with van der Waals surface area (Å²) in [6.07, 6.45) is 0.482. The average molecular weight is 214 g/mol. The first-order chi connectivity index (χ1) is 7.70. The number of hydrogen-bond donors (Lipinski definition) is 1. The van der Waals surface area contributed by atoms with Crippen LogP contribution in [0.15, 0.2) is 30.3 Å². The van der Waals surface area contributed by atoms with Gasteiger partial charge < -0.3 is 5.32 Å². The summed E-state index contributed by atoms with van der Waals surface area (Å²) in [5.74, 6) is 0.0238. The van der Waals surface area contributed by atoms with Gasteiger partial charge in [0, 0.05) is 17.5 Å². The van der Waals surface area contributed by atoms with E-state index in [2.05, 4.69) is 10.3 Å². The summed E-state index contributed by atoms with van der Waals surface area (Å²) in [5.41, 5.74) is 2.66. The standard InChI is InChI=1S/C13H14N2O/c1-3-13(16)15-12-8-9(2)14-11-7-5-4-6-10(11)12/h4-8H,3H2,1-2H3,(H,14,15,16). The van der Waals surface area contributed by atoms with Crippen molar-refractivity contribution in [2.45, 2.75) is 20.3 Å². The van der Waals surface area contributed by atoms with Gasteiger partial charge >= 0.3 is 0 Å². The average Bonchev–Trinajstić information content (AvgIpc) is 2.28. The van der Waals surface area contributed by atoms with Crippen LogP contribution >= 0.6 is 0 Å². The minimum atomic E-state index is 0.0238. The third-order valence-electron chi connectivity index (χ3n) is 2.44. The number of pyridine rings is 1. The molecule has 1 aromatic heterocycles. The molecule has 0 aliphatic heterocycles. The number of nitrogens with one attached hydrogen (secondary N) is 1. The Balaban J connectivity index is 2.54. The summed E-state index contributed by atoms with van der Waals surface area (Å²) in [6, 6.07) is 9.70. The van der Waals surface area contributed by atoms with E-state index in [-0.39, 0.29) is 5.91 Å². The molecule has 1 amide bonds. The molecule has 1 heterocycles. The number of aryl methyl sites for hydroxylation is 1. The van der Waals surface area contributed by atoms with Crippen LogP contribution in [0, 0.1) is 6.92 Å². The minimum Gasteiger partial charge on any atom is -0.325 e. The minimum absolute atomic E-state index is 0.0238. The summed E-state index contributed by atoms with van der Waals surface area (Å²) in [6.45, 7) is 3.76. The van der Waals surface area contributed by atoms with Crippen molar-refractivity contribution >= 4 is 22.5 Å². The highest BCUT2D eigenvalue weighted by atomic mass is 16.1. The van der Waals surface area contributed by atoms with Crippen LogP contribution in [0.25, 0.3) is 10.9 Å². The third-order valence-corrected chi connectivity index (χ3v) is 2.44. The van der Waals surface area contributed by atoms with E-state index in [1.54, 1.807) is 0 Å². The van der Waals surface area contributed by atoms with E-state index in [9.17, 15) is 4.79 Å². The maximum Gasteiger partial charge on any atom is 0.224 e. The van der Waals surface area contributed by atoms with Crippen molar-refractivity contribution in [3.63, 3.8) is 0 Å². The molecule has 0 fully saturated rings. The number of carbonyl (C=O) groups is 1. The number of benzene rings is 1. The van der Waals surface area contributed by atoms with Crippen LogP contribution in [0.1, 0.15) is 19.0 Å². The van der Waals surface area contributed by atoms with Crippen LogP contribution in [0.2, 0.25) is 0 Å². The highest BCUT2D eigenvalue weighted by molar-refractivity contribution is 6.00. The Morgan fingerprint density at radius 3 is 2.88 bits per heavy atom. The summed E-state index contributed by atoms with van der Waals surface area (Å²) in [5, 5.41) is 3.88. The Kier molecular flexibility index (Phi) is 2.86. The molecule has 0 saturated heterocycles. The molecule has 2 rings (SSSR count). The fourth-order valence-electron chi connectivity index (χ4n) is 1.65. The normalized spacial score (nSPS) is 10.4. The van der Waals surface area contributed by atoms with Crippen molar-refractivity contribution in [3.05, 3.63) is 36.0 Å². The maximum absolute atomic E-state index is 11.4. The van der Waals surface area contributed by atoms with E-state index >= 15 is 0 Å². The summed E-state index contributed by atoms with van der Waals surface area (Å²) >= 11 is 0. The molecule has 1 N–H and O–H groups in total. The van der Waals surface area contributed by atoms with Crippen molar-refractivity contribution < 1.29 is 4.79 Å². The second-order valence-electron chi connectivity index (χ2n) is 3.73. The lowest BCUT2D eigenvalue weighted by atomic mass is 10.1. The molecule has 16 heavy (non-hydrogen) atoms. The first-order valence-corrected chi connectivity index (χ1v) is 5.37. The molecule has 0 saturated carbocycles. The SMILES string of the molecule is CCC(=O)Nc1cc(C)nc2ccccc12. The Morgan fingerprint density at radius 1 is 1.38 bits per heavy atom. The van der Waals surface area contributed by atoms with Gasteiger partial charge in [-0.05, 0) is 19.1 Å². The second kappa shape index (κ2) is 4.31. The van der Waals surface area contributed by atoms with Gasteiger partial charge in [-0.1, -0.05) is 25.1 Å². The van der Waals surface area contributed by atoms with Crippen LogP contribution in [0.4, 0.5) is 5.69 Å². The van der Waals surface area contributed by atoms with E-state index in [0.29, 0.717) is 6.42 Å². The van der Waals surface area contributed by atoms with Gasteiger partial charge in [-0.2, -0.15) is 0 Å². The largest absolute Gasteiger partial charge is 0.325 e. The number of nitrogens with zero attached hydrogens (tertiary/aromatic N) is 1. The molecule has 3 nitrogen and oxygen atoms in total. The maximum atomic E-state index is 11.4. The highest BCUT2D eigenvalue weighted by Gasteiger charge is 2.05. The number of fused-ring (bicyclic) bond motifs is 1. The van der Waals surface area contributed by atoms with Gasteiger partial charge in [0.1, 0.15) is 0 Å². The number of carbonyl (C=O) groups excluding carboxylic acids is 1. The fourth-order valence-corrected chi connectivity index (χ4v) is 1.65. The number of hydrogen-bond acceptors (Lipinski definition) is 2. The van der Waals surface area contributed by atoms with E-state index in [4.69, 9.17) is 0 Å². The lowest BCUT2D eigenvalue weighted by molar-refractivity contribution is -0.115. The number of amides is 1. The lowest BCUT2D eigenvalue weighted by Gasteiger charge is -2.08. The van der Waals surface area contributed by atoms with Crippen LogP contribution in [0.3, 0.4) is 0 Å². The number of aromatic nitrogens is 1. The molecule has 0 aliphatic rings. The summed E-state index contributed by atoms with van der Waals surface area (Å²) < 4.78 is 0. The van der Waals surface area contributed by atoms with Crippen molar-refractivity contribution in [2.24, 2.45) is 0 Å². The van der Waals surface area contributed by atoms with E-state index < -0.39 is 0 Å². The van der Waals surface area contributed by atoms with Crippen LogP contribution in [0.5, 0.6) is 0 Å². The van der Waals surface area contributed by atoms with Crippen LogP contribution in [-0.2, 0) is 4.79 Å². The molecule has 0 aliphatic carbocycles. The fraction of sp³-hybridized carbons (Fsp3) is 0.231. The van der Waals surface area contributed by atoms with Crippen LogP contribution in [-0.4, -0.2) is 10.9 Å². The van der Waals surface area contributed by atoms with Gasteiger partial charge in [-0.3, -0.25) is 9.78 Å². The Labute approximate surface area is 94.5 Å². The summed E-state index contributed by atoms with van der Waals surface area (Å²) in [4.78, 5) is 15.8. The predicted octanol–water partition coefficient (Wildman–Crippen LogP) is 2.89. The van der Waals surface area contributed by atoms with Crippen molar-refractivity contribution in [1.29, 1.82) is 0 Å². The lowest BCUT2D eigenvalue weighted by Crippen LogP contribution is -2.10. The quantitative estimate of drug-likeness (QED) is 0.835. The molecule has 0 atom stereocenters. The Bertz CT molecular complexity index is 534. The van der Waals surface area contributed by atoms with Gasteiger partial charge in [0.05, 0.1) is 11.2 Å². The molecule has 82 valence electrons. The van der Waals surface area contributed by atoms with Crippen molar-refractivity contribution in [3.8, 4) is 0 Å². The second-order valence-corrected chi connectivity index (χ2v) is 3.73. The number of anilines is 1. The van der Waals surface area contributed by atoms with Gasteiger partial charge in [-0.25, -0.2) is 0 Å². The molecule has 0 radical (unpaired) electrons. The molecular weight excluding hydrogens is 200 g/mol. The van der Waals surface area contributed by atoms with Gasteiger partial charge in [0.25, 0.3) is 0 Å².